The minimum absolute atomic E-state index is 0.0693. The first-order chi connectivity index (χ1) is 11.5. The van der Waals surface area contributed by atoms with E-state index in [1.165, 1.54) is 13.0 Å². The van der Waals surface area contributed by atoms with Crippen molar-refractivity contribution in [2.45, 2.75) is 11.8 Å². The van der Waals surface area contributed by atoms with Gasteiger partial charge in [0.25, 0.3) is 10.0 Å². The molecule has 2 N–H and O–H groups in total. The van der Waals surface area contributed by atoms with E-state index in [0.717, 1.165) is 4.09 Å². The number of nitrogens with zero attached hydrogens (tertiary/aromatic N) is 4. The van der Waals surface area contributed by atoms with E-state index in [9.17, 15) is 8.42 Å². The van der Waals surface area contributed by atoms with Crippen molar-refractivity contribution in [3.8, 4) is 11.5 Å². The maximum atomic E-state index is 12.7. The Bertz CT molecular complexity index is 996. The van der Waals surface area contributed by atoms with Gasteiger partial charge in [0.05, 0.1) is 0 Å². The smallest absolute Gasteiger partial charge is 0.292 e. The Labute approximate surface area is 132 Å². The zero-order chi connectivity index (χ0) is 17.5. The van der Waals surface area contributed by atoms with Crippen LogP contribution in [0, 0.1) is 6.92 Å². The van der Waals surface area contributed by atoms with Crippen molar-refractivity contribution in [3.63, 3.8) is 0 Å². The lowest BCUT2D eigenvalue weighted by Crippen LogP contribution is -2.16. The normalized spacial score (nSPS) is 13.0. The minimum Gasteiger partial charge on any atom is -0.454 e. The van der Waals surface area contributed by atoms with E-state index in [1.807, 2.05) is 0 Å². The number of fused-ring (bicyclic) bond motifs is 2. The minimum atomic E-state index is -4.09. The number of hydrogen-bond acceptors (Lipinski definition) is 9. The second-order valence-corrected chi connectivity index (χ2v) is 6.29. The number of nitrogens with two attached hydrogens (primary N) is 1. The Kier molecular flexibility index (Phi) is 3.71. The highest BCUT2D eigenvalue weighted by Gasteiger charge is 2.30. The monoisotopic (exact) mass is 361 g/mol. The van der Waals surface area contributed by atoms with E-state index in [1.54, 1.807) is 6.07 Å². The van der Waals surface area contributed by atoms with Gasteiger partial charge in [-0.15, -0.1) is 9.19 Å². The molecule has 10 nitrogen and oxygen atoms in total. The molecule has 0 aliphatic carbocycles. The molecule has 0 atom stereocenters. The summed E-state index contributed by atoms with van der Waals surface area (Å²) in [5.74, 6) is 0.739. The van der Waals surface area contributed by atoms with Gasteiger partial charge in [0.2, 0.25) is 6.79 Å². The molecule has 128 valence electrons. The molecular formula is C11H9F2N5O5S. The van der Waals surface area contributed by atoms with Crippen molar-refractivity contribution in [2.24, 2.45) is 0 Å². The van der Waals surface area contributed by atoms with Crippen LogP contribution in [0.25, 0.3) is 11.0 Å². The highest BCUT2D eigenvalue weighted by atomic mass is 32.2. The van der Waals surface area contributed by atoms with Crippen LogP contribution in [0.3, 0.4) is 0 Å². The topological polar surface area (TPSA) is 135 Å². The van der Waals surface area contributed by atoms with Crippen LogP contribution in [0.2, 0.25) is 0 Å². The lowest BCUT2D eigenvalue weighted by Gasteiger charge is -2.04. The predicted molar refractivity (Wildman–Crippen MR) is 74.1 cm³/mol. The van der Waals surface area contributed by atoms with Crippen LogP contribution in [0.1, 0.15) is 5.76 Å². The summed E-state index contributed by atoms with van der Waals surface area (Å²) in [6, 6.07) is 3.05. The lowest BCUT2D eigenvalue weighted by atomic mass is 10.3. The number of benzene rings is 1. The third kappa shape index (κ3) is 2.20. The van der Waals surface area contributed by atoms with E-state index in [0.29, 0.717) is 17.0 Å². The van der Waals surface area contributed by atoms with Crippen molar-refractivity contribution in [1.82, 2.24) is 19.6 Å². The Morgan fingerprint density at radius 3 is 2.54 bits per heavy atom. The zero-order valence-electron chi connectivity index (χ0n) is 11.9. The standard InChI is InChI=1S/C11H9N5O5S.F2/c1-5-10(11(12)14-21-5)22(17,18)16-7-3-9-8(19-4-20-9)2-6(7)13-15-16;1-2/h2-3H,4H2,1H3,(H2,12,14);. The molecule has 1 aromatic carbocycles. The van der Waals surface area contributed by atoms with E-state index in [-0.39, 0.29) is 28.8 Å². The second kappa shape index (κ2) is 5.59. The van der Waals surface area contributed by atoms with Crippen LogP contribution in [0.15, 0.2) is 21.6 Å². The number of hydrogen-bond donors (Lipinski definition) is 1. The summed E-state index contributed by atoms with van der Waals surface area (Å²) in [6.07, 6.45) is 0. The van der Waals surface area contributed by atoms with Crippen LogP contribution in [0.5, 0.6) is 11.5 Å². The Balaban J connectivity index is 0.000000815. The van der Waals surface area contributed by atoms with Crippen molar-refractivity contribution in [1.29, 1.82) is 0 Å². The quantitative estimate of drug-likeness (QED) is 0.712. The Morgan fingerprint density at radius 2 is 1.92 bits per heavy atom. The Morgan fingerprint density at radius 1 is 1.25 bits per heavy atom. The molecule has 4 rings (SSSR count). The van der Waals surface area contributed by atoms with E-state index in [4.69, 9.17) is 28.9 Å². The number of halogens is 2. The number of aromatic nitrogens is 4. The molecule has 0 fully saturated rings. The molecule has 0 bridgehead atoms. The Hall–Kier alpha value is -2.96. The molecule has 0 spiro atoms. The highest BCUT2D eigenvalue weighted by Crippen LogP contribution is 2.36. The van der Waals surface area contributed by atoms with Gasteiger partial charge < -0.3 is 19.7 Å². The average molecular weight is 361 g/mol. The maximum Gasteiger partial charge on any atom is 0.292 e. The first-order valence-corrected chi connectivity index (χ1v) is 7.69. The molecule has 3 heterocycles. The molecule has 3 aromatic rings. The highest BCUT2D eigenvalue weighted by molar-refractivity contribution is 7.90. The summed E-state index contributed by atoms with van der Waals surface area (Å²) < 4.78 is 57.5. The van der Waals surface area contributed by atoms with Crippen molar-refractivity contribution >= 4 is 26.9 Å². The third-order valence-electron chi connectivity index (χ3n) is 3.23. The first-order valence-electron chi connectivity index (χ1n) is 6.25. The molecule has 24 heavy (non-hydrogen) atoms. The van der Waals surface area contributed by atoms with Gasteiger partial charge >= 0.3 is 0 Å². The summed E-state index contributed by atoms with van der Waals surface area (Å²) in [5, 5.41) is 11.0. The number of rotatable bonds is 2. The van der Waals surface area contributed by atoms with Crippen LogP contribution in [-0.4, -0.2) is 34.8 Å². The number of aryl methyl sites for hydroxylation is 1. The molecule has 0 amide bonds. The molecule has 13 heteroatoms. The summed E-state index contributed by atoms with van der Waals surface area (Å²) in [7, 11) is -4.09. The van der Waals surface area contributed by atoms with Gasteiger partial charge in [0, 0.05) is 21.3 Å². The fraction of sp³-hybridized carbons (Fsp3) is 0.182. The molecular weight excluding hydrogens is 352 g/mol. The fourth-order valence-electron chi connectivity index (χ4n) is 2.25. The maximum absolute atomic E-state index is 12.7. The van der Waals surface area contributed by atoms with Crippen molar-refractivity contribution in [3.05, 3.63) is 17.9 Å². The van der Waals surface area contributed by atoms with Gasteiger partial charge in [0.1, 0.15) is 11.0 Å². The molecule has 1 aliphatic heterocycles. The second-order valence-electron chi connectivity index (χ2n) is 4.58. The molecule has 0 saturated heterocycles. The van der Waals surface area contributed by atoms with Gasteiger partial charge in [-0.05, 0) is 6.92 Å². The number of ether oxygens (including phenoxy) is 2. The van der Waals surface area contributed by atoms with E-state index >= 15 is 0 Å². The van der Waals surface area contributed by atoms with Crippen LogP contribution >= 0.6 is 0 Å². The predicted octanol–water partition coefficient (Wildman–Crippen LogP) is 1.12. The van der Waals surface area contributed by atoms with Gasteiger partial charge in [0.15, 0.2) is 28.0 Å². The molecule has 0 unspecified atom stereocenters. The molecule has 0 radical (unpaired) electrons. The van der Waals surface area contributed by atoms with Gasteiger partial charge in [-0.1, -0.05) is 10.4 Å². The van der Waals surface area contributed by atoms with E-state index in [2.05, 4.69) is 15.5 Å². The molecule has 2 aromatic heterocycles. The van der Waals surface area contributed by atoms with Crippen LogP contribution < -0.4 is 15.2 Å². The zero-order valence-corrected chi connectivity index (χ0v) is 12.7. The first kappa shape index (κ1) is 15.9. The summed E-state index contributed by atoms with van der Waals surface area (Å²) in [5.41, 5.74) is 6.17. The summed E-state index contributed by atoms with van der Waals surface area (Å²) in [6.45, 7) is 1.52. The van der Waals surface area contributed by atoms with Crippen molar-refractivity contribution < 1.29 is 31.6 Å². The lowest BCUT2D eigenvalue weighted by molar-refractivity contribution is 0.108. The van der Waals surface area contributed by atoms with Crippen molar-refractivity contribution in [2.75, 3.05) is 12.5 Å². The van der Waals surface area contributed by atoms with Gasteiger partial charge in [-0.3, -0.25) is 0 Å². The van der Waals surface area contributed by atoms with Gasteiger partial charge in [-0.25, -0.2) is 0 Å². The van der Waals surface area contributed by atoms with Crippen LogP contribution in [0.4, 0.5) is 15.0 Å². The number of nitrogen functional groups attached to an aromatic ring is 1. The van der Waals surface area contributed by atoms with Crippen LogP contribution in [-0.2, 0) is 10.0 Å². The summed E-state index contributed by atoms with van der Waals surface area (Å²) in [4.78, 5) is -0.239. The number of anilines is 1. The molecule has 1 aliphatic rings. The molecule has 0 saturated carbocycles. The summed E-state index contributed by atoms with van der Waals surface area (Å²) >= 11 is 0. The van der Waals surface area contributed by atoms with E-state index < -0.39 is 10.0 Å². The SMILES string of the molecule is Cc1onc(N)c1S(=O)(=O)n1nnc2cc3c(cc21)OCO3.FF. The fourth-order valence-corrected chi connectivity index (χ4v) is 3.66. The average Bonchev–Trinajstić information content (AvgIpc) is 3.25. The van der Waals surface area contributed by atoms with Gasteiger partial charge in [-0.2, -0.15) is 8.42 Å². The third-order valence-corrected chi connectivity index (χ3v) is 4.97. The largest absolute Gasteiger partial charge is 0.454 e.